The van der Waals surface area contributed by atoms with Gasteiger partial charge >= 0.3 is 6.09 Å². The topological polar surface area (TPSA) is 85.3 Å². The summed E-state index contributed by atoms with van der Waals surface area (Å²) in [6.45, 7) is 8.25. The van der Waals surface area contributed by atoms with Crippen molar-refractivity contribution in [2.75, 3.05) is 57.1 Å². The highest BCUT2D eigenvalue weighted by atomic mass is 35.5. The van der Waals surface area contributed by atoms with Crippen LogP contribution in [0.3, 0.4) is 0 Å². The van der Waals surface area contributed by atoms with Crippen molar-refractivity contribution in [2.24, 2.45) is 0 Å². The van der Waals surface area contributed by atoms with Gasteiger partial charge < -0.3 is 24.5 Å². The summed E-state index contributed by atoms with van der Waals surface area (Å²) >= 11 is 6.92. The number of fused-ring (bicyclic) bond motifs is 4. The number of phenols is 1. The van der Waals surface area contributed by atoms with Gasteiger partial charge in [-0.3, -0.25) is 4.90 Å². The summed E-state index contributed by atoms with van der Waals surface area (Å²) in [4.78, 5) is 31.1. The van der Waals surface area contributed by atoms with Crippen LogP contribution in [0.1, 0.15) is 40.0 Å². The number of aromatic nitrogens is 2. The lowest BCUT2D eigenvalue weighted by molar-refractivity contribution is 0.0123. The third-order valence-corrected chi connectivity index (χ3v) is 9.09. The van der Waals surface area contributed by atoms with Crippen molar-refractivity contribution in [3.63, 3.8) is 0 Å². The fraction of sp³-hybridized carbons (Fsp3) is 0.457. The van der Waals surface area contributed by atoms with E-state index in [0.717, 1.165) is 36.6 Å². The van der Waals surface area contributed by atoms with Crippen LogP contribution in [0, 0.1) is 5.82 Å². The minimum absolute atomic E-state index is 0.0206. The molecular formula is C35H42ClFN6O3. The van der Waals surface area contributed by atoms with E-state index >= 15 is 4.39 Å². The Morgan fingerprint density at radius 2 is 1.74 bits per heavy atom. The molecule has 1 amide bonds. The Morgan fingerprint density at radius 3 is 2.41 bits per heavy atom. The zero-order valence-corrected chi connectivity index (χ0v) is 28.1. The van der Waals surface area contributed by atoms with Gasteiger partial charge in [-0.1, -0.05) is 35.9 Å². The molecule has 46 heavy (non-hydrogen) atoms. The summed E-state index contributed by atoms with van der Waals surface area (Å²) < 4.78 is 22.7. The van der Waals surface area contributed by atoms with Gasteiger partial charge in [-0.2, -0.15) is 4.98 Å². The highest BCUT2D eigenvalue weighted by molar-refractivity contribution is 6.35. The van der Waals surface area contributed by atoms with E-state index in [1.54, 1.807) is 18.2 Å². The number of hydrogen-bond acceptors (Lipinski definition) is 8. The average molecular weight is 649 g/mol. The first kappa shape index (κ1) is 32.1. The number of ether oxygens (including phenoxy) is 1. The lowest BCUT2D eigenvalue weighted by Gasteiger charge is -2.42. The summed E-state index contributed by atoms with van der Waals surface area (Å²) in [5.74, 6) is 0.455. The van der Waals surface area contributed by atoms with Crippen LogP contribution < -0.4 is 9.80 Å². The number of piperazine rings is 1. The van der Waals surface area contributed by atoms with Crippen molar-refractivity contribution in [1.82, 2.24) is 19.8 Å². The van der Waals surface area contributed by atoms with Gasteiger partial charge in [-0.25, -0.2) is 14.2 Å². The minimum atomic E-state index is -0.588. The molecule has 4 aromatic rings. The molecule has 0 spiro atoms. The molecule has 2 bridgehead atoms. The van der Waals surface area contributed by atoms with E-state index in [4.69, 9.17) is 26.3 Å². The van der Waals surface area contributed by atoms with E-state index in [9.17, 15) is 9.90 Å². The Bertz CT molecular complexity index is 1780. The van der Waals surface area contributed by atoms with E-state index in [0.29, 0.717) is 42.4 Å². The number of rotatable bonds is 7. The number of halogens is 2. The van der Waals surface area contributed by atoms with E-state index in [1.165, 1.54) is 0 Å². The van der Waals surface area contributed by atoms with Gasteiger partial charge in [-0.05, 0) is 95.2 Å². The zero-order chi connectivity index (χ0) is 32.9. The van der Waals surface area contributed by atoms with Crippen LogP contribution in [-0.4, -0.2) is 96.0 Å². The SMILES string of the molecule is CN(C)CCCN(C)c1nc(N2CC3CCC(C2)N3C(=O)OC(C)(C)C)c2cc(Cl)c(-c3cc(O)cc4ccccc34)c(F)c2n1. The van der Waals surface area contributed by atoms with Crippen molar-refractivity contribution >= 4 is 51.1 Å². The first-order valence-electron chi connectivity index (χ1n) is 15.8. The third-order valence-electron chi connectivity index (χ3n) is 8.79. The molecule has 0 radical (unpaired) electrons. The number of aromatic hydroxyl groups is 1. The molecule has 2 saturated heterocycles. The van der Waals surface area contributed by atoms with Gasteiger partial charge in [0.05, 0.1) is 17.1 Å². The Balaban J connectivity index is 1.46. The predicted molar refractivity (Wildman–Crippen MR) is 183 cm³/mol. The van der Waals surface area contributed by atoms with E-state index in [-0.39, 0.29) is 40.0 Å². The van der Waals surface area contributed by atoms with Gasteiger partial charge in [0.2, 0.25) is 5.95 Å². The second-order valence-corrected chi connectivity index (χ2v) is 14.2. The second-order valence-electron chi connectivity index (χ2n) is 13.8. The molecule has 11 heteroatoms. The maximum absolute atomic E-state index is 16.9. The number of amides is 1. The molecule has 3 aromatic carbocycles. The first-order chi connectivity index (χ1) is 21.8. The van der Waals surface area contributed by atoms with Crippen LogP contribution in [0.5, 0.6) is 5.75 Å². The summed E-state index contributed by atoms with van der Waals surface area (Å²) in [5.41, 5.74) is 0.246. The largest absolute Gasteiger partial charge is 0.508 e. The maximum atomic E-state index is 16.9. The molecule has 2 aliphatic rings. The standard InChI is InChI=1S/C35H42ClFN6O3/c1-35(2,3)46-34(45)43-22-12-13-23(43)20-42(19-22)32-27-18-28(36)29(26-17-24(44)16-21-10-7-8-11-25(21)26)30(37)31(27)38-33(39-32)41(6)15-9-14-40(4)5/h7-8,10-11,16-18,22-23,44H,9,12-15,19-20H2,1-6H3. The molecular weight excluding hydrogens is 607 g/mol. The molecule has 1 aromatic heterocycles. The average Bonchev–Trinajstić information content (AvgIpc) is 3.25. The van der Waals surface area contributed by atoms with Crippen LogP contribution in [-0.2, 0) is 4.74 Å². The van der Waals surface area contributed by atoms with Gasteiger partial charge in [0.1, 0.15) is 22.7 Å². The van der Waals surface area contributed by atoms with Crippen molar-refractivity contribution < 1.29 is 19.0 Å². The molecule has 244 valence electrons. The zero-order valence-electron chi connectivity index (χ0n) is 27.3. The molecule has 2 fully saturated rings. The van der Waals surface area contributed by atoms with Crippen LogP contribution in [0.25, 0.3) is 32.8 Å². The predicted octanol–water partition coefficient (Wildman–Crippen LogP) is 6.92. The summed E-state index contributed by atoms with van der Waals surface area (Å²) in [7, 11) is 5.98. The summed E-state index contributed by atoms with van der Waals surface area (Å²) in [6.07, 6.45) is 2.28. The van der Waals surface area contributed by atoms with Gasteiger partial charge in [-0.15, -0.1) is 0 Å². The number of anilines is 2. The molecule has 0 aliphatic carbocycles. The summed E-state index contributed by atoms with van der Waals surface area (Å²) in [6, 6.07) is 12.3. The molecule has 9 nitrogen and oxygen atoms in total. The maximum Gasteiger partial charge on any atom is 0.410 e. The fourth-order valence-electron chi connectivity index (χ4n) is 6.74. The third kappa shape index (κ3) is 6.25. The highest BCUT2D eigenvalue weighted by Crippen LogP contribution is 2.43. The van der Waals surface area contributed by atoms with Crippen molar-refractivity contribution in [3.05, 3.63) is 53.3 Å². The fourth-order valence-corrected chi connectivity index (χ4v) is 7.04. The Morgan fingerprint density at radius 1 is 1.04 bits per heavy atom. The van der Waals surface area contributed by atoms with Crippen molar-refractivity contribution in [1.29, 1.82) is 0 Å². The lowest BCUT2D eigenvalue weighted by atomic mass is 9.96. The van der Waals surface area contributed by atoms with E-state index < -0.39 is 11.4 Å². The number of carbonyl (C=O) groups excluding carboxylic acids is 1. The van der Waals surface area contributed by atoms with Crippen LogP contribution >= 0.6 is 11.6 Å². The first-order valence-corrected chi connectivity index (χ1v) is 16.2. The van der Waals surface area contributed by atoms with E-state index in [1.807, 2.05) is 76.0 Å². The lowest BCUT2D eigenvalue weighted by Crippen LogP contribution is -2.57. The van der Waals surface area contributed by atoms with Crippen LogP contribution in [0.2, 0.25) is 5.02 Å². The Hall–Kier alpha value is -3.89. The van der Waals surface area contributed by atoms with Crippen molar-refractivity contribution in [2.45, 2.75) is 57.7 Å². The minimum Gasteiger partial charge on any atom is -0.508 e. The number of hydrogen-bond donors (Lipinski definition) is 1. The van der Waals surface area contributed by atoms with E-state index in [2.05, 4.69) is 9.80 Å². The monoisotopic (exact) mass is 648 g/mol. The molecule has 0 saturated carbocycles. The molecule has 3 heterocycles. The Kier molecular flexibility index (Phi) is 8.63. The molecule has 2 unspecified atom stereocenters. The van der Waals surface area contributed by atoms with Gasteiger partial charge in [0.15, 0.2) is 5.82 Å². The highest BCUT2D eigenvalue weighted by Gasteiger charge is 2.45. The number of phenolic OH excluding ortho intramolecular Hbond substituents is 1. The smallest absolute Gasteiger partial charge is 0.410 e. The van der Waals surface area contributed by atoms with Gasteiger partial charge in [0.25, 0.3) is 0 Å². The Labute approximate surface area is 274 Å². The van der Waals surface area contributed by atoms with Crippen molar-refractivity contribution in [3.8, 4) is 16.9 Å². The number of nitrogens with zero attached hydrogens (tertiary/aromatic N) is 6. The quantitative estimate of drug-likeness (QED) is 0.231. The van der Waals surface area contributed by atoms with Crippen LogP contribution in [0.4, 0.5) is 21.0 Å². The number of carbonyl (C=O) groups is 1. The molecule has 2 aliphatic heterocycles. The summed E-state index contributed by atoms with van der Waals surface area (Å²) in [5, 5.41) is 12.8. The number of benzene rings is 3. The second kappa shape index (κ2) is 12.4. The van der Waals surface area contributed by atoms with Crippen LogP contribution in [0.15, 0.2) is 42.5 Å². The molecule has 2 atom stereocenters. The molecule has 1 N–H and O–H groups in total. The van der Waals surface area contributed by atoms with Gasteiger partial charge in [0, 0.05) is 37.6 Å². The normalized spacial score (nSPS) is 18.2. The molecule has 6 rings (SSSR count).